The number of methoxy groups -OCH3 is 3. The van der Waals surface area contributed by atoms with Crippen molar-refractivity contribution < 1.29 is 33.2 Å². The van der Waals surface area contributed by atoms with Crippen molar-refractivity contribution in [2.45, 2.75) is 20.8 Å². The molecule has 33 heavy (non-hydrogen) atoms. The van der Waals surface area contributed by atoms with Crippen LogP contribution in [0.5, 0.6) is 17.2 Å². The second-order valence-corrected chi connectivity index (χ2v) is 8.75. The summed E-state index contributed by atoms with van der Waals surface area (Å²) in [6.07, 6.45) is 0. The summed E-state index contributed by atoms with van der Waals surface area (Å²) in [4.78, 5) is 13.4. The second-order valence-electron chi connectivity index (χ2n) is 7.55. The molecule has 0 saturated heterocycles. The zero-order chi connectivity index (χ0) is 24.2. The molecule has 2 rings (SSSR count). The van der Waals surface area contributed by atoms with E-state index in [4.69, 9.17) is 28.4 Å². The van der Waals surface area contributed by atoms with Crippen molar-refractivity contribution in [3.63, 3.8) is 0 Å². The number of carbonyl (C=O) groups is 1. The van der Waals surface area contributed by atoms with E-state index in [0.717, 1.165) is 22.3 Å². The summed E-state index contributed by atoms with van der Waals surface area (Å²) in [5.74, 6) is 1.67. The van der Waals surface area contributed by atoms with Crippen molar-refractivity contribution in [2.24, 2.45) is 0 Å². The lowest BCUT2D eigenvalue weighted by atomic mass is 10.0. The van der Waals surface area contributed by atoms with Gasteiger partial charge in [-0.25, -0.2) is 0 Å². The predicted molar refractivity (Wildman–Crippen MR) is 131 cm³/mol. The zero-order valence-corrected chi connectivity index (χ0v) is 21.4. The summed E-state index contributed by atoms with van der Waals surface area (Å²) in [5, 5.41) is 0.700. The van der Waals surface area contributed by atoms with Crippen molar-refractivity contribution >= 4 is 19.4 Å². The molecular weight excluding hydrogens is 443 g/mol. The van der Waals surface area contributed by atoms with Gasteiger partial charge in [-0.05, 0) is 40.5 Å². The van der Waals surface area contributed by atoms with Gasteiger partial charge in [-0.15, -0.1) is 0 Å². The average Bonchev–Trinajstić information content (AvgIpc) is 2.75. The predicted octanol–water partition coefficient (Wildman–Crippen LogP) is 3.83. The summed E-state index contributed by atoms with van der Waals surface area (Å²) < 4.78 is 33.1. The maximum atomic E-state index is 13.4. The Morgan fingerprint density at radius 2 is 1.15 bits per heavy atom. The minimum Gasteiger partial charge on any atom is -0.491 e. The van der Waals surface area contributed by atoms with Crippen LogP contribution in [0.1, 0.15) is 27.0 Å². The van der Waals surface area contributed by atoms with E-state index in [1.54, 1.807) is 33.5 Å². The highest BCUT2D eigenvalue weighted by molar-refractivity contribution is 7.66. The third-order valence-corrected chi connectivity index (χ3v) is 6.05. The molecule has 2 aromatic carbocycles. The van der Waals surface area contributed by atoms with Gasteiger partial charge < -0.3 is 28.4 Å². The monoisotopic (exact) mass is 478 g/mol. The molecule has 0 aliphatic carbocycles. The van der Waals surface area contributed by atoms with Gasteiger partial charge in [-0.1, -0.05) is 17.7 Å². The molecule has 0 amide bonds. The molecule has 0 saturated carbocycles. The Kier molecular flexibility index (Phi) is 11.6. The molecule has 0 bridgehead atoms. The lowest BCUT2D eigenvalue weighted by Crippen LogP contribution is -2.17. The second kappa shape index (κ2) is 14.2. The fourth-order valence-corrected chi connectivity index (χ4v) is 4.71. The topological polar surface area (TPSA) is 72.5 Å². The van der Waals surface area contributed by atoms with Crippen LogP contribution in [0.25, 0.3) is 0 Å². The molecule has 7 nitrogen and oxygen atoms in total. The van der Waals surface area contributed by atoms with E-state index in [1.165, 1.54) is 0 Å². The Bertz CT molecular complexity index is 860. The Hall–Kier alpha value is -2.18. The van der Waals surface area contributed by atoms with E-state index in [1.807, 2.05) is 32.9 Å². The summed E-state index contributed by atoms with van der Waals surface area (Å²) >= 11 is 0. The first-order valence-corrected chi connectivity index (χ1v) is 11.8. The summed E-state index contributed by atoms with van der Waals surface area (Å²) in [6, 6.07) is 7.64. The van der Waals surface area contributed by atoms with Gasteiger partial charge in [0.15, 0.2) is 5.52 Å². The van der Waals surface area contributed by atoms with Crippen molar-refractivity contribution in [1.29, 1.82) is 0 Å². The van der Waals surface area contributed by atoms with Crippen molar-refractivity contribution in [2.75, 3.05) is 61.0 Å². The highest BCUT2D eigenvalue weighted by Gasteiger charge is 2.21. The number of ether oxygens (including phenoxy) is 6. The molecule has 0 aromatic heterocycles. The SMILES string of the molecule is COCCOc1cc(OCCOC)c(PC(=O)c2c(C)cc(C)cc2C)c(OCCOC)c1. The third kappa shape index (κ3) is 8.27. The summed E-state index contributed by atoms with van der Waals surface area (Å²) in [7, 11) is 4.66. The number of rotatable bonds is 15. The molecule has 1 atom stereocenters. The normalized spacial score (nSPS) is 11.2. The van der Waals surface area contributed by atoms with Crippen LogP contribution < -0.4 is 19.5 Å². The Morgan fingerprint density at radius 1 is 0.697 bits per heavy atom. The minimum absolute atomic E-state index is 0.0336. The maximum absolute atomic E-state index is 13.4. The molecular formula is C25H35O7P. The van der Waals surface area contributed by atoms with Crippen molar-refractivity contribution in [3.8, 4) is 17.2 Å². The molecule has 0 heterocycles. The molecule has 1 unspecified atom stereocenters. The maximum Gasteiger partial charge on any atom is 0.186 e. The van der Waals surface area contributed by atoms with Gasteiger partial charge in [0.2, 0.25) is 0 Å². The van der Waals surface area contributed by atoms with Crippen LogP contribution in [-0.4, -0.2) is 66.5 Å². The molecule has 0 N–H and O–H groups in total. The number of hydrogen-bond acceptors (Lipinski definition) is 7. The lowest BCUT2D eigenvalue weighted by Gasteiger charge is -2.19. The molecule has 0 fully saturated rings. The number of carbonyl (C=O) groups excluding carboxylic acids is 1. The first kappa shape index (κ1) is 27.1. The van der Waals surface area contributed by atoms with Crippen LogP contribution in [0.4, 0.5) is 0 Å². The zero-order valence-electron chi connectivity index (χ0n) is 20.4. The van der Waals surface area contributed by atoms with E-state index in [2.05, 4.69) is 0 Å². The molecule has 0 aliphatic rings. The van der Waals surface area contributed by atoms with Crippen LogP contribution in [-0.2, 0) is 14.2 Å². The van der Waals surface area contributed by atoms with Gasteiger partial charge in [0.05, 0.1) is 25.1 Å². The first-order valence-electron chi connectivity index (χ1n) is 10.8. The number of aryl methyl sites for hydroxylation is 3. The minimum atomic E-state index is -0.185. The van der Waals surface area contributed by atoms with E-state index in [0.29, 0.717) is 62.2 Å². The quantitative estimate of drug-likeness (QED) is 0.285. The van der Waals surface area contributed by atoms with E-state index in [9.17, 15) is 4.79 Å². The van der Waals surface area contributed by atoms with Crippen LogP contribution in [0, 0.1) is 20.8 Å². The summed E-state index contributed by atoms with van der Waals surface area (Å²) in [6.45, 7) is 8.31. The van der Waals surface area contributed by atoms with Gasteiger partial charge in [0.1, 0.15) is 37.1 Å². The van der Waals surface area contributed by atoms with Crippen molar-refractivity contribution in [1.82, 2.24) is 0 Å². The Labute approximate surface area is 198 Å². The molecule has 0 radical (unpaired) electrons. The van der Waals surface area contributed by atoms with Gasteiger partial charge in [-0.2, -0.15) is 0 Å². The highest BCUT2D eigenvalue weighted by Crippen LogP contribution is 2.35. The fraction of sp³-hybridized carbons (Fsp3) is 0.480. The van der Waals surface area contributed by atoms with E-state index < -0.39 is 0 Å². The van der Waals surface area contributed by atoms with Crippen LogP contribution in [0.3, 0.4) is 0 Å². The van der Waals surface area contributed by atoms with E-state index in [-0.39, 0.29) is 14.1 Å². The molecule has 182 valence electrons. The largest absolute Gasteiger partial charge is 0.491 e. The third-order valence-electron chi connectivity index (χ3n) is 4.83. The molecule has 8 heteroatoms. The van der Waals surface area contributed by atoms with Gasteiger partial charge in [-0.3, -0.25) is 4.79 Å². The van der Waals surface area contributed by atoms with Gasteiger partial charge >= 0.3 is 0 Å². The van der Waals surface area contributed by atoms with Gasteiger partial charge in [0.25, 0.3) is 0 Å². The first-order chi connectivity index (χ1) is 15.9. The van der Waals surface area contributed by atoms with Crippen LogP contribution in [0.2, 0.25) is 0 Å². The molecule has 2 aromatic rings. The highest BCUT2D eigenvalue weighted by atomic mass is 31.1. The lowest BCUT2D eigenvalue weighted by molar-refractivity contribution is 0.108. The van der Waals surface area contributed by atoms with Gasteiger partial charge in [0, 0.05) is 39.0 Å². The average molecular weight is 479 g/mol. The van der Waals surface area contributed by atoms with Crippen LogP contribution in [0.15, 0.2) is 24.3 Å². The Balaban J connectivity index is 2.44. The van der Waals surface area contributed by atoms with Crippen molar-refractivity contribution in [3.05, 3.63) is 46.5 Å². The standard InChI is InChI=1S/C25H35O7P/c1-17-13-18(2)23(19(3)14-17)25(26)33-24-21(31-11-8-28-5)15-20(30-10-7-27-4)16-22(24)32-12-9-29-6/h13-16,33H,7-12H2,1-6H3. The number of benzene rings is 2. The number of hydrogen-bond donors (Lipinski definition) is 0. The smallest absolute Gasteiger partial charge is 0.186 e. The van der Waals surface area contributed by atoms with Crippen LogP contribution >= 0.6 is 8.58 Å². The summed E-state index contributed by atoms with van der Waals surface area (Å²) in [5.41, 5.74) is 3.84. The van der Waals surface area contributed by atoms with E-state index >= 15 is 0 Å². The fourth-order valence-electron chi connectivity index (χ4n) is 3.43. The molecule has 0 aliphatic heterocycles. The Morgan fingerprint density at radius 3 is 1.61 bits per heavy atom. The molecule has 0 spiro atoms.